The number of aromatic nitrogens is 2. The highest BCUT2D eigenvalue weighted by Crippen LogP contribution is 2.20. The van der Waals surface area contributed by atoms with E-state index in [0.29, 0.717) is 22.7 Å². The summed E-state index contributed by atoms with van der Waals surface area (Å²) in [5.41, 5.74) is 2.38. The lowest BCUT2D eigenvalue weighted by molar-refractivity contribution is 0.0771. The number of halogens is 1. The van der Waals surface area contributed by atoms with Gasteiger partial charge in [0.25, 0.3) is 5.91 Å². The minimum atomic E-state index is -0.139. The highest BCUT2D eigenvalue weighted by Gasteiger charge is 2.19. The average molecular weight is 348 g/mol. The lowest BCUT2D eigenvalue weighted by Crippen LogP contribution is -2.26. The quantitative estimate of drug-likeness (QED) is 0.788. The molecule has 0 radical (unpaired) electrons. The van der Waals surface area contributed by atoms with E-state index in [4.69, 9.17) is 4.42 Å². The Hall–Kier alpha value is -2.08. The third-order valence-electron chi connectivity index (χ3n) is 3.29. The van der Waals surface area contributed by atoms with Gasteiger partial charge >= 0.3 is 0 Å². The highest BCUT2D eigenvalue weighted by atomic mass is 79.9. The predicted molar refractivity (Wildman–Crippen MR) is 83.0 cm³/mol. The van der Waals surface area contributed by atoms with Crippen LogP contribution in [0, 0.1) is 6.92 Å². The highest BCUT2D eigenvalue weighted by molar-refractivity contribution is 9.10. The van der Waals surface area contributed by atoms with Crippen LogP contribution in [0.2, 0.25) is 0 Å². The Morgan fingerprint density at radius 1 is 1.38 bits per heavy atom. The van der Waals surface area contributed by atoms with Gasteiger partial charge < -0.3 is 9.32 Å². The molecule has 0 spiro atoms. The second-order valence-electron chi connectivity index (χ2n) is 4.99. The van der Waals surface area contributed by atoms with Gasteiger partial charge in [0.15, 0.2) is 10.4 Å². The Balaban J connectivity index is 1.87. The van der Waals surface area contributed by atoms with E-state index in [1.807, 2.05) is 31.2 Å². The van der Waals surface area contributed by atoms with Crippen LogP contribution in [0.25, 0.3) is 10.9 Å². The molecular weight excluding hydrogens is 334 g/mol. The molecule has 0 saturated carbocycles. The third kappa shape index (κ3) is 2.71. The second kappa shape index (κ2) is 5.37. The minimum absolute atomic E-state index is 0.139. The predicted octanol–water partition coefficient (Wildman–Crippen LogP) is 3.50. The van der Waals surface area contributed by atoms with Crippen molar-refractivity contribution in [3.63, 3.8) is 0 Å². The molecule has 0 aliphatic heterocycles. The fourth-order valence-corrected chi connectivity index (χ4v) is 2.55. The number of H-pyrrole nitrogens is 1. The molecule has 3 rings (SSSR count). The first kappa shape index (κ1) is 13.9. The Labute approximate surface area is 130 Å². The van der Waals surface area contributed by atoms with E-state index in [-0.39, 0.29) is 5.91 Å². The zero-order valence-electron chi connectivity index (χ0n) is 11.7. The Morgan fingerprint density at radius 2 is 2.19 bits per heavy atom. The summed E-state index contributed by atoms with van der Waals surface area (Å²) in [7, 11) is 1.73. The Morgan fingerprint density at radius 3 is 2.90 bits per heavy atom. The summed E-state index contributed by atoms with van der Waals surface area (Å²) >= 11 is 3.25. The first-order valence-electron chi connectivity index (χ1n) is 6.49. The molecule has 0 fully saturated rings. The van der Waals surface area contributed by atoms with Crippen molar-refractivity contribution in [1.82, 2.24) is 15.1 Å². The molecule has 2 heterocycles. The number of hydrogen-bond acceptors (Lipinski definition) is 3. The van der Waals surface area contributed by atoms with Crippen molar-refractivity contribution in [1.29, 1.82) is 0 Å². The van der Waals surface area contributed by atoms with Crippen LogP contribution in [0.3, 0.4) is 0 Å². The van der Waals surface area contributed by atoms with Crippen molar-refractivity contribution >= 4 is 32.7 Å². The van der Waals surface area contributed by atoms with Crippen LogP contribution in [0.1, 0.15) is 21.8 Å². The summed E-state index contributed by atoms with van der Waals surface area (Å²) in [5.74, 6) is 0.577. The maximum atomic E-state index is 12.5. The van der Waals surface area contributed by atoms with Crippen molar-refractivity contribution in [3.05, 3.63) is 52.0 Å². The summed E-state index contributed by atoms with van der Waals surface area (Å²) in [6.45, 7) is 2.38. The lowest BCUT2D eigenvalue weighted by atomic mass is 10.1. The van der Waals surface area contributed by atoms with Crippen molar-refractivity contribution in [3.8, 4) is 0 Å². The molecule has 3 aromatic rings. The molecule has 0 unspecified atom stereocenters. The van der Waals surface area contributed by atoms with E-state index in [1.54, 1.807) is 18.0 Å². The van der Waals surface area contributed by atoms with Gasteiger partial charge in [-0.1, -0.05) is 11.6 Å². The first-order chi connectivity index (χ1) is 10.0. The van der Waals surface area contributed by atoms with E-state index in [9.17, 15) is 4.79 Å². The Kier molecular flexibility index (Phi) is 3.55. The van der Waals surface area contributed by atoms with Crippen LogP contribution in [0.15, 0.2) is 39.4 Å². The normalized spacial score (nSPS) is 11.0. The standard InChI is InChI=1S/C15H14BrN3O2/c1-9-3-5-12-11(7-9)14(18-17-12)15(20)19(2)8-10-4-6-13(16)21-10/h3-7H,8H2,1-2H3,(H,17,18). The van der Waals surface area contributed by atoms with Crippen molar-refractivity contribution in [2.45, 2.75) is 13.5 Å². The van der Waals surface area contributed by atoms with Gasteiger partial charge in [0, 0.05) is 12.4 Å². The van der Waals surface area contributed by atoms with Crippen molar-refractivity contribution < 1.29 is 9.21 Å². The van der Waals surface area contributed by atoms with E-state index >= 15 is 0 Å². The van der Waals surface area contributed by atoms with E-state index in [1.165, 1.54) is 0 Å². The van der Waals surface area contributed by atoms with Crippen LogP contribution in [0.5, 0.6) is 0 Å². The number of rotatable bonds is 3. The molecule has 0 aliphatic rings. The summed E-state index contributed by atoms with van der Waals surface area (Å²) in [4.78, 5) is 14.1. The minimum Gasteiger partial charge on any atom is -0.452 e. The number of benzene rings is 1. The lowest BCUT2D eigenvalue weighted by Gasteiger charge is -2.14. The number of fused-ring (bicyclic) bond motifs is 1. The van der Waals surface area contributed by atoms with Crippen molar-refractivity contribution in [2.75, 3.05) is 7.05 Å². The number of aromatic amines is 1. The smallest absolute Gasteiger partial charge is 0.275 e. The topological polar surface area (TPSA) is 62.1 Å². The molecule has 0 saturated heterocycles. The summed E-state index contributed by atoms with van der Waals surface area (Å²) < 4.78 is 6.07. The summed E-state index contributed by atoms with van der Waals surface area (Å²) in [6, 6.07) is 9.52. The molecule has 1 aromatic carbocycles. The number of amides is 1. The van der Waals surface area contributed by atoms with E-state index in [0.717, 1.165) is 16.5 Å². The van der Waals surface area contributed by atoms with Crippen molar-refractivity contribution in [2.24, 2.45) is 0 Å². The first-order valence-corrected chi connectivity index (χ1v) is 7.28. The van der Waals surface area contributed by atoms with Crippen LogP contribution in [-0.2, 0) is 6.54 Å². The molecule has 0 aliphatic carbocycles. The number of nitrogens with zero attached hydrogens (tertiary/aromatic N) is 2. The van der Waals surface area contributed by atoms with Gasteiger partial charge in [0.05, 0.1) is 12.1 Å². The number of carbonyl (C=O) groups is 1. The van der Waals surface area contributed by atoms with E-state index in [2.05, 4.69) is 26.1 Å². The molecule has 2 aromatic heterocycles. The number of hydrogen-bond donors (Lipinski definition) is 1. The number of aryl methyl sites for hydroxylation is 1. The zero-order valence-corrected chi connectivity index (χ0v) is 13.3. The third-order valence-corrected chi connectivity index (χ3v) is 3.72. The van der Waals surface area contributed by atoms with Gasteiger partial charge in [-0.15, -0.1) is 0 Å². The van der Waals surface area contributed by atoms with Gasteiger partial charge in [-0.3, -0.25) is 9.89 Å². The monoisotopic (exact) mass is 347 g/mol. The SMILES string of the molecule is Cc1ccc2[nH]nc(C(=O)N(C)Cc3ccc(Br)o3)c2c1. The summed E-state index contributed by atoms with van der Waals surface area (Å²) in [6.07, 6.45) is 0. The summed E-state index contributed by atoms with van der Waals surface area (Å²) in [5, 5.41) is 7.88. The molecule has 0 bridgehead atoms. The van der Waals surface area contributed by atoms with Crippen LogP contribution in [-0.4, -0.2) is 28.1 Å². The molecule has 21 heavy (non-hydrogen) atoms. The van der Waals surface area contributed by atoms with Gasteiger partial charge in [0.1, 0.15) is 5.76 Å². The van der Waals surface area contributed by atoms with Crippen LogP contribution < -0.4 is 0 Å². The number of furan rings is 1. The molecule has 6 heteroatoms. The fourth-order valence-electron chi connectivity index (χ4n) is 2.21. The molecule has 1 N–H and O–H groups in total. The Bertz CT molecular complexity index is 806. The van der Waals surface area contributed by atoms with Crippen LogP contribution in [0.4, 0.5) is 0 Å². The number of carbonyl (C=O) groups excluding carboxylic acids is 1. The zero-order chi connectivity index (χ0) is 15.0. The maximum Gasteiger partial charge on any atom is 0.275 e. The fraction of sp³-hybridized carbons (Fsp3) is 0.200. The van der Waals surface area contributed by atoms with Gasteiger partial charge in [-0.25, -0.2) is 0 Å². The van der Waals surface area contributed by atoms with E-state index < -0.39 is 0 Å². The maximum absolute atomic E-state index is 12.5. The molecular formula is C15H14BrN3O2. The molecule has 1 amide bonds. The van der Waals surface area contributed by atoms with Crippen LogP contribution >= 0.6 is 15.9 Å². The van der Waals surface area contributed by atoms with Gasteiger partial charge in [0.2, 0.25) is 0 Å². The largest absolute Gasteiger partial charge is 0.452 e. The number of nitrogens with one attached hydrogen (secondary N) is 1. The molecule has 5 nitrogen and oxygen atoms in total. The van der Waals surface area contributed by atoms with Gasteiger partial charge in [-0.05, 0) is 47.1 Å². The molecule has 0 atom stereocenters. The second-order valence-corrected chi connectivity index (χ2v) is 5.77. The average Bonchev–Trinajstić information content (AvgIpc) is 3.04. The van der Waals surface area contributed by atoms with Gasteiger partial charge in [-0.2, -0.15) is 5.10 Å². The molecule has 108 valence electrons.